The number of nitrogens with zero attached hydrogens (tertiary/aromatic N) is 4. The van der Waals surface area contributed by atoms with Crippen LogP contribution in [0.2, 0.25) is 0 Å². The predicted molar refractivity (Wildman–Crippen MR) is 93.6 cm³/mol. The van der Waals surface area contributed by atoms with E-state index in [9.17, 15) is 10.1 Å². The van der Waals surface area contributed by atoms with Crippen LogP contribution in [0.4, 0.5) is 5.82 Å². The van der Waals surface area contributed by atoms with Crippen molar-refractivity contribution < 1.29 is 9.53 Å². The number of anilines is 1. The molecular weight excluding hydrogens is 318 g/mol. The van der Waals surface area contributed by atoms with E-state index < -0.39 is 0 Å². The lowest BCUT2D eigenvalue weighted by Gasteiger charge is -2.12. The lowest BCUT2D eigenvalue weighted by molar-refractivity contribution is -0.119. The third-order valence-corrected chi connectivity index (χ3v) is 3.87. The van der Waals surface area contributed by atoms with Gasteiger partial charge in [0.15, 0.2) is 11.6 Å². The van der Waals surface area contributed by atoms with Crippen LogP contribution >= 0.6 is 0 Å². The molecule has 7 heteroatoms. The van der Waals surface area contributed by atoms with Crippen molar-refractivity contribution in [3.05, 3.63) is 47.2 Å². The van der Waals surface area contributed by atoms with Crippen LogP contribution in [0.3, 0.4) is 0 Å². The lowest BCUT2D eigenvalue weighted by Crippen LogP contribution is -2.20. The first-order valence-corrected chi connectivity index (χ1v) is 7.69. The molecule has 1 aromatic carbocycles. The number of aryl methyl sites for hydroxylation is 2. The van der Waals surface area contributed by atoms with E-state index >= 15 is 0 Å². The zero-order chi connectivity index (χ0) is 18.0. The summed E-state index contributed by atoms with van der Waals surface area (Å²) in [5.41, 5.74) is 3.20. The number of hydrogen-bond donors (Lipinski definition) is 1. The zero-order valence-electron chi connectivity index (χ0n) is 14.2. The molecule has 0 spiro atoms. The molecule has 2 aromatic heterocycles. The van der Waals surface area contributed by atoms with Crippen molar-refractivity contribution in [2.24, 2.45) is 0 Å². The fourth-order valence-electron chi connectivity index (χ4n) is 2.68. The number of fused-ring (bicyclic) bond motifs is 1. The molecule has 3 rings (SSSR count). The van der Waals surface area contributed by atoms with E-state index in [0.29, 0.717) is 5.82 Å². The summed E-state index contributed by atoms with van der Waals surface area (Å²) in [5, 5.41) is 17.2. The van der Waals surface area contributed by atoms with E-state index in [1.54, 1.807) is 0 Å². The number of amides is 1. The maximum atomic E-state index is 11.9. The molecule has 0 unspecified atom stereocenters. The molecule has 0 fully saturated rings. The highest BCUT2D eigenvalue weighted by atomic mass is 16.5. The number of aromatic nitrogens is 3. The zero-order valence-corrected chi connectivity index (χ0v) is 14.2. The van der Waals surface area contributed by atoms with Crippen LogP contribution in [0.25, 0.3) is 16.7 Å². The maximum absolute atomic E-state index is 11.9. The molecule has 0 aliphatic rings. The largest absolute Gasteiger partial charge is 0.375 e. The number of ether oxygens (including phenoxy) is 1. The van der Waals surface area contributed by atoms with Crippen molar-refractivity contribution in [3.63, 3.8) is 0 Å². The van der Waals surface area contributed by atoms with Crippen LogP contribution < -0.4 is 5.32 Å². The second-order valence-electron chi connectivity index (χ2n) is 5.68. The summed E-state index contributed by atoms with van der Waals surface area (Å²) in [5.74, 6) is 0.451. The van der Waals surface area contributed by atoms with E-state index in [2.05, 4.69) is 15.4 Å². The number of benzene rings is 1. The molecule has 0 atom stereocenters. The molecule has 2 heterocycles. The third-order valence-electron chi connectivity index (χ3n) is 3.87. The number of para-hydroxylation sites is 1. The van der Waals surface area contributed by atoms with E-state index in [0.717, 1.165) is 22.0 Å². The van der Waals surface area contributed by atoms with Crippen molar-refractivity contribution in [3.8, 4) is 11.9 Å². The molecule has 7 nitrogen and oxygen atoms in total. The first-order valence-electron chi connectivity index (χ1n) is 7.69. The van der Waals surface area contributed by atoms with Gasteiger partial charge in [0.1, 0.15) is 18.2 Å². The minimum absolute atomic E-state index is 0.112. The standard InChI is InChI=1S/C18H17N5O2/c1-11-5-4-6-14-12(2)7-15(21-17(11)14)23-18(13(8-19)9-20-23)22-16(24)10-25-3/h4-7,9H,10H2,1-3H3,(H,22,24). The number of hydrogen-bond acceptors (Lipinski definition) is 5. The summed E-state index contributed by atoms with van der Waals surface area (Å²) in [4.78, 5) is 16.6. The minimum atomic E-state index is -0.366. The summed E-state index contributed by atoms with van der Waals surface area (Å²) in [7, 11) is 1.43. The van der Waals surface area contributed by atoms with Gasteiger partial charge in [0.2, 0.25) is 0 Å². The van der Waals surface area contributed by atoms with Gasteiger partial charge in [-0.15, -0.1) is 0 Å². The fourth-order valence-corrected chi connectivity index (χ4v) is 2.68. The molecule has 0 saturated carbocycles. The van der Waals surface area contributed by atoms with Gasteiger partial charge in [-0.05, 0) is 31.0 Å². The molecule has 3 aromatic rings. The summed E-state index contributed by atoms with van der Waals surface area (Å²) in [6, 6.07) is 9.90. The van der Waals surface area contributed by atoms with Crippen molar-refractivity contribution in [2.75, 3.05) is 19.0 Å². The van der Waals surface area contributed by atoms with E-state index in [1.807, 2.05) is 44.2 Å². The Labute approximate surface area is 144 Å². The van der Waals surface area contributed by atoms with Gasteiger partial charge >= 0.3 is 0 Å². The van der Waals surface area contributed by atoms with E-state index in [-0.39, 0.29) is 23.9 Å². The van der Waals surface area contributed by atoms with Crippen LogP contribution in [0.5, 0.6) is 0 Å². The topological polar surface area (TPSA) is 92.8 Å². The average Bonchev–Trinajstić information content (AvgIpc) is 2.98. The van der Waals surface area contributed by atoms with E-state index in [1.165, 1.54) is 18.0 Å². The molecule has 0 aliphatic carbocycles. The van der Waals surface area contributed by atoms with Crippen LogP contribution in [0.15, 0.2) is 30.5 Å². The van der Waals surface area contributed by atoms with E-state index in [4.69, 9.17) is 4.74 Å². The SMILES string of the molecule is COCC(=O)Nc1c(C#N)cnn1-c1cc(C)c2cccc(C)c2n1. The van der Waals surface area contributed by atoms with Gasteiger partial charge in [0.25, 0.3) is 5.91 Å². The Balaban J connectivity index is 2.15. The van der Waals surface area contributed by atoms with Crippen LogP contribution in [0, 0.1) is 25.2 Å². The lowest BCUT2D eigenvalue weighted by atomic mass is 10.1. The van der Waals surface area contributed by atoms with Crippen molar-refractivity contribution in [2.45, 2.75) is 13.8 Å². The minimum Gasteiger partial charge on any atom is -0.375 e. The number of pyridine rings is 1. The molecular formula is C18H17N5O2. The first kappa shape index (κ1) is 16.6. The summed E-state index contributed by atoms with van der Waals surface area (Å²) in [6.45, 7) is 3.87. The summed E-state index contributed by atoms with van der Waals surface area (Å²) < 4.78 is 6.29. The number of rotatable bonds is 4. The highest BCUT2D eigenvalue weighted by Gasteiger charge is 2.17. The summed E-state index contributed by atoms with van der Waals surface area (Å²) >= 11 is 0. The Morgan fingerprint density at radius 3 is 2.88 bits per heavy atom. The molecule has 0 saturated heterocycles. The number of methoxy groups -OCH3 is 1. The molecule has 25 heavy (non-hydrogen) atoms. The average molecular weight is 335 g/mol. The third kappa shape index (κ3) is 3.07. The highest BCUT2D eigenvalue weighted by Crippen LogP contribution is 2.25. The fraction of sp³-hybridized carbons (Fsp3) is 0.222. The van der Waals surface area contributed by atoms with Crippen LogP contribution in [0.1, 0.15) is 16.7 Å². The second-order valence-corrected chi connectivity index (χ2v) is 5.68. The Kier molecular flexibility index (Phi) is 4.46. The highest BCUT2D eigenvalue weighted by molar-refractivity contribution is 5.92. The van der Waals surface area contributed by atoms with Crippen LogP contribution in [-0.2, 0) is 9.53 Å². The maximum Gasteiger partial charge on any atom is 0.251 e. The van der Waals surface area contributed by atoms with Crippen LogP contribution in [-0.4, -0.2) is 34.4 Å². The number of carbonyl (C=O) groups excluding carboxylic acids is 1. The summed E-state index contributed by atoms with van der Waals surface area (Å²) in [6.07, 6.45) is 1.40. The number of nitriles is 1. The van der Waals surface area contributed by atoms with Crippen molar-refractivity contribution >= 4 is 22.6 Å². The molecule has 1 amide bonds. The predicted octanol–water partition coefficient (Wildman–Crippen LogP) is 2.49. The molecule has 0 aliphatic heterocycles. The van der Waals surface area contributed by atoms with Crippen molar-refractivity contribution in [1.82, 2.24) is 14.8 Å². The molecule has 0 radical (unpaired) electrons. The Morgan fingerprint density at radius 2 is 2.16 bits per heavy atom. The molecule has 0 bridgehead atoms. The van der Waals surface area contributed by atoms with Gasteiger partial charge in [-0.3, -0.25) is 4.79 Å². The van der Waals surface area contributed by atoms with Gasteiger partial charge in [-0.1, -0.05) is 18.2 Å². The Hall–Kier alpha value is -3.24. The molecule has 1 N–H and O–H groups in total. The van der Waals surface area contributed by atoms with Gasteiger partial charge in [-0.2, -0.15) is 15.0 Å². The van der Waals surface area contributed by atoms with Gasteiger partial charge in [0.05, 0.1) is 11.7 Å². The first-order chi connectivity index (χ1) is 12.0. The van der Waals surface area contributed by atoms with Crippen molar-refractivity contribution in [1.29, 1.82) is 5.26 Å². The Morgan fingerprint density at radius 1 is 1.36 bits per heavy atom. The number of nitrogens with one attached hydrogen (secondary N) is 1. The second kappa shape index (κ2) is 6.71. The smallest absolute Gasteiger partial charge is 0.251 e. The number of carbonyl (C=O) groups is 1. The monoisotopic (exact) mass is 335 g/mol. The molecule has 126 valence electrons. The normalized spacial score (nSPS) is 10.6. The van der Waals surface area contributed by atoms with Gasteiger partial charge in [0, 0.05) is 12.5 Å². The quantitative estimate of drug-likeness (QED) is 0.791. The van der Waals surface area contributed by atoms with Gasteiger partial charge < -0.3 is 10.1 Å². The Bertz CT molecular complexity index is 1000. The van der Waals surface area contributed by atoms with Gasteiger partial charge in [-0.25, -0.2) is 4.98 Å².